The van der Waals surface area contributed by atoms with Crippen LogP contribution in [0.4, 0.5) is 0 Å². The van der Waals surface area contributed by atoms with E-state index in [1.807, 2.05) is 12.1 Å². The van der Waals surface area contributed by atoms with Crippen molar-refractivity contribution in [3.05, 3.63) is 47.5 Å². The van der Waals surface area contributed by atoms with Gasteiger partial charge < -0.3 is 35.3 Å². The van der Waals surface area contributed by atoms with E-state index in [1.165, 1.54) is 14.2 Å². The molecule has 0 fully saturated rings. The van der Waals surface area contributed by atoms with E-state index in [-0.39, 0.29) is 36.6 Å². The Bertz CT molecular complexity index is 915. The zero-order valence-corrected chi connectivity index (χ0v) is 19.1. The molecule has 32 heavy (non-hydrogen) atoms. The first-order valence-corrected chi connectivity index (χ1v) is 10.4. The van der Waals surface area contributed by atoms with Crippen molar-refractivity contribution in [3.63, 3.8) is 0 Å². The molecule has 8 nitrogen and oxygen atoms in total. The van der Waals surface area contributed by atoms with Crippen LogP contribution in [0.2, 0.25) is 0 Å². The number of aliphatic hydroxyl groups is 2. The number of phenols is 1. The fraction of sp³-hybridized carbons (Fsp3) is 0.458. The number of ether oxygens (including phenoxy) is 3. The largest absolute Gasteiger partial charge is 0.504 e. The first-order chi connectivity index (χ1) is 15.1. The van der Waals surface area contributed by atoms with E-state index in [1.54, 1.807) is 38.1 Å². The number of rotatable bonds is 12. The van der Waals surface area contributed by atoms with Crippen LogP contribution in [0.25, 0.3) is 0 Å². The molecule has 6 N–H and O–H groups in total. The van der Waals surface area contributed by atoms with Crippen LogP contribution in [0.15, 0.2) is 36.4 Å². The Morgan fingerprint density at radius 3 is 1.88 bits per heavy atom. The molecule has 2 rings (SSSR count). The van der Waals surface area contributed by atoms with Gasteiger partial charge in [0.25, 0.3) is 0 Å². The van der Waals surface area contributed by atoms with Crippen LogP contribution in [-0.2, 0) is 12.8 Å². The average Bonchev–Trinajstić information content (AvgIpc) is 2.77. The first kappa shape index (κ1) is 25.3. The Morgan fingerprint density at radius 1 is 0.906 bits per heavy atom. The van der Waals surface area contributed by atoms with Crippen LogP contribution in [0, 0.1) is 17.2 Å². The highest BCUT2D eigenvalue weighted by Gasteiger charge is 2.26. The minimum atomic E-state index is -0.977. The van der Waals surface area contributed by atoms with E-state index in [9.17, 15) is 15.3 Å². The Balaban J connectivity index is 2.19. The van der Waals surface area contributed by atoms with Crippen LogP contribution in [0.3, 0.4) is 0 Å². The van der Waals surface area contributed by atoms with Crippen molar-refractivity contribution in [2.75, 3.05) is 27.4 Å². The van der Waals surface area contributed by atoms with Gasteiger partial charge in [0, 0.05) is 13.2 Å². The minimum absolute atomic E-state index is 0.0536. The lowest BCUT2D eigenvalue weighted by Gasteiger charge is -2.27. The van der Waals surface area contributed by atoms with Gasteiger partial charge in [0.2, 0.25) is 0 Å². The molecule has 2 aromatic rings. The van der Waals surface area contributed by atoms with Gasteiger partial charge in [-0.1, -0.05) is 12.1 Å². The van der Waals surface area contributed by atoms with E-state index in [4.69, 9.17) is 25.4 Å². The smallest absolute Gasteiger partial charge is 0.162 e. The third-order valence-corrected chi connectivity index (χ3v) is 5.62. The summed E-state index contributed by atoms with van der Waals surface area (Å²) in [6.07, 6.45) is 1.03. The predicted molar refractivity (Wildman–Crippen MR) is 123 cm³/mol. The maximum atomic E-state index is 10.0. The number of benzene rings is 2. The van der Waals surface area contributed by atoms with Gasteiger partial charge in [-0.05, 0) is 73.9 Å². The molecule has 176 valence electrons. The quantitative estimate of drug-likeness (QED) is 0.249. The van der Waals surface area contributed by atoms with Crippen molar-refractivity contribution >= 4 is 5.84 Å². The molecule has 0 unspecified atom stereocenters. The van der Waals surface area contributed by atoms with Crippen molar-refractivity contribution < 1.29 is 29.5 Å². The van der Waals surface area contributed by atoms with Gasteiger partial charge >= 0.3 is 0 Å². The molecule has 0 saturated heterocycles. The highest BCUT2D eigenvalue weighted by Crippen LogP contribution is 2.33. The molecule has 2 aromatic carbocycles. The number of nitrogens with one attached hydrogen (secondary N) is 1. The number of methoxy groups -OCH3 is 2. The van der Waals surface area contributed by atoms with Gasteiger partial charge in [-0.15, -0.1) is 0 Å². The molecular weight excluding hydrogens is 412 g/mol. The molecule has 8 heteroatoms. The molecule has 2 atom stereocenters. The summed E-state index contributed by atoms with van der Waals surface area (Å²) >= 11 is 0. The van der Waals surface area contributed by atoms with E-state index >= 15 is 0 Å². The SMILES string of the molecule is COc1cc(C[C@H](CO)[C@@H](CO)Cc2ccc(OC(C)(C)C(=N)N)c(OC)c2)ccc1O. The maximum Gasteiger partial charge on any atom is 0.162 e. The summed E-state index contributed by atoms with van der Waals surface area (Å²) in [4.78, 5) is 0. The normalized spacial score (nSPS) is 13.3. The third kappa shape index (κ3) is 6.27. The standard InChI is InChI=1S/C24H34N2O6/c1-24(2,23(25)26)32-20-8-6-16(12-22(20)31-4)10-18(14-28)17(13-27)9-15-5-7-19(29)21(11-15)30-3/h5-8,11-12,17-18,27-29H,9-10,13-14H2,1-4H3,(H3,25,26)/t17-,18-/m1/s1. The van der Waals surface area contributed by atoms with Crippen molar-refractivity contribution in [1.29, 1.82) is 5.41 Å². The molecule has 0 spiro atoms. The van der Waals surface area contributed by atoms with Gasteiger partial charge in [-0.3, -0.25) is 5.41 Å². The van der Waals surface area contributed by atoms with Crippen LogP contribution in [-0.4, -0.2) is 54.2 Å². The monoisotopic (exact) mass is 446 g/mol. The molecule has 0 radical (unpaired) electrons. The summed E-state index contributed by atoms with van der Waals surface area (Å²) in [5.74, 6) is 0.883. The summed E-state index contributed by atoms with van der Waals surface area (Å²) in [6.45, 7) is 3.21. The molecule has 0 aliphatic heterocycles. The van der Waals surface area contributed by atoms with E-state index < -0.39 is 5.60 Å². The second kappa shape index (κ2) is 11.1. The van der Waals surface area contributed by atoms with Crippen molar-refractivity contribution in [1.82, 2.24) is 0 Å². The number of amidine groups is 1. The molecule has 0 aromatic heterocycles. The molecule has 0 heterocycles. The minimum Gasteiger partial charge on any atom is -0.504 e. The third-order valence-electron chi connectivity index (χ3n) is 5.62. The molecule has 0 aliphatic carbocycles. The molecule has 0 bridgehead atoms. The predicted octanol–water partition coefficient (Wildman–Crippen LogP) is 2.50. The summed E-state index contributed by atoms with van der Waals surface area (Å²) in [6, 6.07) is 10.5. The Labute approximate surface area is 189 Å². The average molecular weight is 447 g/mol. The van der Waals surface area contributed by atoms with E-state index in [0.717, 1.165) is 11.1 Å². The van der Waals surface area contributed by atoms with Crippen LogP contribution < -0.4 is 19.9 Å². The fourth-order valence-electron chi connectivity index (χ4n) is 3.47. The van der Waals surface area contributed by atoms with Crippen LogP contribution in [0.5, 0.6) is 23.0 Å². The summed E-state index contributed by atoms with van der Waals surface area (Å²) < 4.78 is 16.5. The fourth-order valence-corrected chi connectivity index (χ4v) is 3.47. The summed E-state index contributed by atoms with van der Waals surface area (Å²) in [5, 5.41) is 37.5. The molecule has 0 aliphatic rings. The van der Waals surface area contributed by atoms with Crippen molar-refractivity contribution in [2.45, 2.75) is 32.3 Å². The van der Waals surface area contributed by atoms with E-state index in [2.05, 4.69) is 0 Å². The number of aromatic hydroxyl groups is 1. The first-order valence-electron chi connectivity index (χ1n) is 10.4. The number of phenolic OH excluding ortho intramolecular Hbond substituents is 1. The zero-order chi connectivity index (χ0) is 23.9. The topological polar surface area (TPSA) is 138 Å². The lowest BCUT2D eigenvalue weighted by molar-refractivity contribution is 0.119. The van der Waals surface area contributed by atoms with Gasteiger partial charge in [0.1, 0.15) is 5.84 Å². The Morgan fingerprint density at radius 2 is 1.41 bits per heavy atom. The van der Waals surface area contributed by atoms with Crippen molar-refractivity contribution in [3.8, 4) is 23.0 Å². The molecule has 0 saturated carbocycles. The molecular formula is C24H34N2O6. The van der Waals surface area contributed by atoms with Gasteiger partial charge in [-0.25, -0.2) is 0 Å². The molecule has 0 amide bonds. The van der Waals surface area contributed by atoms with Crippen LogP contribution >= 0.6 is 0 Å². The van der Waals surface area contributed by atoms with Crippen molar-refractivity contribution in [2.24, 2.45) is 17.6 Å². The number of nitrogens with two attached hydrogens (primary N) is 1. The number of aliphatic hydroxyl groups excluding tert-OH is 2. The second-order valence-corrected chi connectivity index (χ2v) is 8.31. The van der Waals surface area contributed by atoms with Crippen LogP contribution in [0.1, 0.15) is 25.0 Å². The number of hydrogen-bond donors (Lipinski definition) is 5. The lowest BCUT2D eigenvalue weighted by Crippen LogP contribution is -2.42. The second-order valence-electron chi connectivity index (χ2n) is 8.31. The zero-order valence-electron chi connectivity index (χ0n) is 19.1. The van der Waals surface area contributed by atoms with E-state index in [0.29, 0.717) is 30.1 Å². The van der Waals surface area contributed by atoms with Gasteiger partial charge in [0.05, 0.1) is 14.2 Å². The highest BCUT2D eigenvalue weighted by molar-refractivity contribution is 5.85. The van der Waals surface area contributed by atoms with Gasteiger partial charge in [-0.2, -0.15) is 0 Å². The van der Waals surface area contributed by atoms with Gasteiger partial charge in [0.15, 0.2) is 28.6 Å². The Hall–Kier alpha value is -2.97. The summed E-state index contributed by atoms with van der Waals surface area (Å²) in [7, 11) is 3.02. The maximum absolute atomic E-state index is 10.0. The lowest BCUT2D eigenvalue weighted by atomic mass is 9.83. The summed E-state index contributed by atoms with van der Waals surface area (Å²) in [5.41, 5.74) is 6.44. The highest BCUT2D eigenvalue weighted by atomic mass is 16.5. The Kier molecular flexibility index (Phi) is 8.74. The number of hydrogen-bond acceptors (Lipinski definition) is 7.